The lowest BCUT2D eigenvalue weighted by Gasteiger charge is -2.33. The van der Waals surface area contributed by atoms with Crippen LogP contribution in [0.5, 0.6) is 0 Å². The molecule has 1 saturated carbocycles. The molecule has 2 N–H and O–H groups in total. The molecular formula is C10H18O3. The molecule has 0 aromatic rings. The van der Waals surface area contributed by atoms with Crippen molar-refractivity contribution in [2.75, 3.05) is 13.2 Å². The Hall–Kier alpha value is -0.120. The summed E-state index contributed by atoms with van der Waals surface area (Å²) in [6.45, 7) is 1.30. The number of ether oxygens (including phenoxy) is 1. The quantitative estimate of drug-likeness (QED) is 0.628. The van der Waals surface area contributed by atoms with Crippen molar-refractivity contribution < 1.29 is 14.9 Å². The van der Waals surface area contributed by atoms with Gasteiger partial charge in [0.15, 0.2) is 0 Å². The highest BCUT2D eigenvalue weighted by atomic mass is 16.5. The third-order valence-electron chi connectivity index (χ3n) is 3.44. The van der Waals surface area contributed by atoms with Crippen LogP contribution in [-0.2, 0) is 4.74 Å². The maximum Gasteiger partial charge on any atom is 0.0615 e. The van der Waals surface area contributed by atoms with E-state index in [4.69, 9.17) is 4.74 Å². The Balaban J connectivity index is 1.97. The average molecular weight is 186 g/mol. The van der Waals surface area contributed by atoms with Crippen molar-refractivity contribution in [3.05, 3.63) is 0 Å². The molecule has 3 nitrogen and oxygen atoms in total. The van der Waals surface area contributed by atoms with E-state index in [1.807, 2.05) is 0 Å². The van der Waals surface area contributed by atoms with Crippen LogP contribution < -0.4 is 0 Å². The summed E-state index contributed by atoms with van der Waals surface area (Å²) >= 11 is 0. The molecule has 2 fully saturated rings. The van der Waals surface area contributed by atoms with Crippen LogP contribution in [0.25, 0.3) is 0 Å². The Labute approximate surface area is 78.7 Å². The van der Waals surface area contributed by atoms with E-state index in [0.717, 1.165) is 25.7 Å². The zero-order chi connectivity index (χ0) is 9.26. The molecule has 0 spiro atoms. The SMILES string of the molecule is OC1CCCC1C1COCCC1O. The third-order valence-corrected chi connectivity index (χ3v) is 3.44. The minimum absolute atomic E-state index is 0.172. The van der Waals surface area contributed by atoms with Gasteiger partial charge in [-0.2, -0.15) is 0 Å². The predicted molar refractivity (Wildman–Crippen MR) is 48.3 cm³/mol. The van der Waals surface area contributed by atoms with Crippen LogP contribution in [-0.4, -0.2) is 35.6 Å². The molecular weight excluding hydrogens is 168 g/mol. The van der Waals surface area contributed by atoms with Gasteiger partial charge >= 0.3 is 0 Å². The Kier molecular flexibility index (Phi) is 2.86. The summed E-state index contributed by atoms with van der Waals surface area (Å²) in [6, 6.07) is 0. The van der Waals surface area contributed by atoms with E-state index in [9.17, 15) is 10.2 Å². The molecule has 1 saturated heterocycles. The molecule has 1 heterocycles. The minimum Gasteiger partial charge on any atom is -0.393 e. The molecule has 4 atom stereocenters. The molecule has 1 aliphatic heterocycles. The highest BCUT2D eigenvalue weighted by molar-refractivity contribution is 4.87. The lowest BCUT2D eigenvalue weighted by Crippen LogP contribution is -2.39. The summed E-state index contributed by atoms with van der Waals surface area (Å²) < 4.78 is 5.34. The van der Waals surface area contributed by atoms with Gasteiger partial charge in [0.2, 0.25) is 0 Å². The van der Waals surface area contributed by atoms with Crippen LogP contribution in [0.2, 0.25) is 0 Å². The first kappa shape index (κ1) is 9.44. The van der Waals surface area contributed by atoms with Crippen molar-refractivity contribution >= 4 is 0 Å². The summed E-state index contributed by atoms with van der Waals surface area (Å²) in [7, 11) is 0. The second kappa shape index (κ2) is 3.95. The van der Waals surface area contributed by atoms with E-state index in [-0.39, 0.29) is 24.0 Å². The molecule has 0 aromatic carbocycles. The predicted octanol–water partition coefficient (Wildman–Crippen LogP) is 0.545. The molecule has 1 aliphatic carbocycles. The van der Waals surface area contributed by atoms with Crippen molar-refractivity contribution in [3.63, 3.8) is 0 Å². The molecule has 0 amide bonds. The van der Waals surface area contributed by atoms with Gasteiger partial charge in [0.05, 0.1) is 18.8 Å². The summed E-state index contributed by atoms with van der Waals surface area (Å²) in [4.78, 5) is 0. The fourth-order valence-corrected chi connectivity index (χ4v) is 2.63. The molecule has 0 radical (unpaired) electrons. The normalized spacial score (nSPS) is 46.6. The summed E-state index contributed by atoms with van der Waals surface area (Å²) in [5, 5.41) is 19.4. The molecule has 3 heteroatoms. The molecule has 0 bridgehead atoms. The average Bonchev–Trinajstić information content (AvgIpc) is 2.52. The monoisotopic (exact) mass is 186 g/mol. The van der Waals surface area contributed by atoms with Crippen molar-refractivity contribution in [2.45, 2.75) is 37.9 Å². The van der Waals surface area contributed by atoms with Gasteiger partial charge in [0, 0.05) is 12.5 Å². The first-order chi connectivity index (χ1) is 6.29. The van der Waals surface area contributed by atoms with Gasteiger partial charge in [0.1, 0.15) is 0 Å². The van der Waals surface area contributed by atoms with E-state index in [2.05, 4.69) is 0 Å². The first-order valence-electron chi connectivity index (χ1n) is 5.23. The summed E-state index contributed by atoms with van der Waals surface area (Å²) in [5.41, 5.74) is 0. The van der Waals surface area contributed by atoms with E-state index in [0.29, 0.717) is 13.2 Å². The zero-order valence-corrected chi connectivity index (χ0v) is 7.85. The Morgan fingerprint density at radius 2 is 1.69 bits per heavy atom. The Bertz CT molecular complexity index is 172. The van der Waals surface area contributed by atoms with E-state index < -0.39 is 0 Å². The van der Waals surface area contributed by atoms with E-state index >= 15 is 0 Å². The van der Waals surface area contributed by atoms with Crippen LogP contribution in [0.3, 0.4) is 0 Å². The largest absolute Gasteiger partial charge is 0.393 e. The van der Waals surface area contributed by atoms with Gasteiger partial charge in [0.25, 0.3) is 0 Å². The topological polar surface area (TPSA) is 49.7 Å². The standard InChI is InChI=1S/C10H18O3/c11-9-3-1-2-7(9)8-6-13-5-4-10(8)12/h7-12H,1-6H2. The lowest BCUT2D eigenvalue weighted by molar-refractivity contribution is -0.0748. The van der Waals surface area contributed by atoms with Gasteiger partial charge in [-0.25, -0.2) is 0 Å². The van der Waals surface area contributed by atoms with Gasteiger partial charge < -0.3 is 14.9 Å². The fraction of sp³-hybridized carbons (Fsp3) is 1.00. The highest BCUT2D eigenvalue weighted by Gasteiger charge is 2.37. The fourth-order valence-electron chi connectivity index (χ4n) is 2.63. The van der Waals surface area contributed by atoms with E-state index in [1.54, 1.807) is 0 Å². The molecule has 4 unspecified atom stereocenters. The first-order valence-corrected chi connectivity index (χ1v) is 5.23. The van der Waals surface area contributed by atoms with Crippen LogP contribution in [0.15, 0.2) is 0 Å². The smallest absolute Gasteiger partial charge is 0.0615 e. The second-order valence-corrected chi connectivity index (χ2v) is 4.26. The summed E-state index contributed by atoms with van der Waals surface area (Å²) in [6.07, 6.45) is 3.30. The van der Waals surface area contributed by atoms with Crippen molar-refractivity contribution in [1.82, 2.24) is 0 Å². The van der Waals surface area contributed by atoms with E-state index in [1.165, 1.54) is 0 Å². The maximum absolute atomic E-state index is 9.76. The van der Waals surface area contributed by atoms with Gasteiger partial charge in [-0.3, -0.25) is 0 Å². The van der Waals surface area contributed by atoms with Crippen LogP contribution >= 0.6 is 0 Å². The number of hydrogen-bond acceptors (Lipinski definition) is 3. The molecule has 13 heavy (non-hydrogen) atoms. The van der Waals surface area contributed by atoms with Crippen molar-refractivity contribution in [3.8, 4) is 0 Å². The Morgan fingerprint density at radius 3 is 2.31 bits per heavy atom. The van der Waals surface area contributed by atoms with Crippen LogP contribution in [0.4, 0.5) is 0 Å². The number of hydrogen-bond donors (Lipinski definition) is 2. The van der Waals surface area contributed by atoms with Crippen molar-refractivity contribution in [1.29, 1.82) is 0 Å². The molecule has 76 valence electrons. The molecule has 0 aromatic heterocycles. The number of aliphatic hydroxyl groups is 2. The van der Waals surface area contributed by atoms with Gasteiger partial charge in [-0.1, -0.05) is 6.42 Å². The van der Waals surface area contributed by atoms with Crippen molar-refractivity contribution in [2.24, 2.45) is 11.8 Å². The maximum atomic E-state index is 9.76. The Morgan fingerprint density at radius 1 is 0.923 bits per heavy atom. The number of aliphatic hydroxyl groups excluding tert-OH is 2. The second-order valence-electron chi connectivity index (χ2n) is 4.26. The minimum atomic E-state index is -0.258. The van der Waals surface area contributed by atoms with Gasteiger partial charge in [-0.05, 0) is 25.2 Å². The summed E-state index contributed by atoms with van der Waals surface area (Å²) in [5.74, 6) is 0.446. The molecule has 2 rings (SSSR count). The lowest BCUT2D eigenvalue weighted by atomic mass is 9.83. The number of rotatable bonds is 1. The third kappa shape index (κ3) is 1.87. The highest BCUT2D eigenvalue weighted by Crippen LogP contribution is 2.35. The van der Waals surface area contributed by atoms with Crippen LogP contribution in [0.1, 0.15) is 25.7 Å². The van der Waals surface area contributed by atoms with Gasteiger partial charge in [-0.15, -0.1) is 0 Å². The van der Waals surface area contributed by atoms with Crippen LogP contribution in [0, 0.1) is 11.8 Å². The molecule has 2 aliphatic rings. The zero-order valence-electron chi connectivity index (χ0n) is 7.85.